The van der Waals surface area contributed by atoms with Gasteiger partial charge in [-0.2, -0.15) is 4.98 Å². The number of allylic oxidation sites excluding steroid dienone is 2. The first kappa shape index (κ1) is 22.2. The van der Waals surface area contributed by atoms with E-state index < -0.39 is 11.2 Å². The minimum Gasteiger partial charge on any atom is -0.341 e. The average molecular weight is 458 g/mol. The molecule has 0 bridgehead atoms. The average Bonchev–Trinajstić information content (AvgIpc) is 3.42. The Morgan fingerprint density at radius 1 is 1.31 bits per heavy atom. The highest BCUT2D eigenvalue weighted by molar-refractivity contribution is 7.11. The van der Waals surface area contributed by atoms with Crippen LogP contribution in [0.1, 0.15) is 36.4 Å². The van der Waals surface area contributed by atoms with E-state index in [2.05, 4.69) is 9.88 Å². The molecule has 0 amide bonds. The largest absolute Gasteiger partial charge is 0.341 e. The number of nitrogens with zero attached hydrogens (tertiary/aromatic N) is 6. The number of hydrogen-bond acceptors (Lipinski definition) is 8. The molecule has 10 nitrogen and oxygen atoms in total. The third kappa shape index (κ3) is 4.05. The van der Waals surface area contributed by atoms with E-state index in [1.54, 1.807) is 12.6 Å². The highest BCUT2D eigenvalue weighted by Crippen LogP contribution is 2.23. The first-order valence-corrected chi connectivity index (χ1v) is 11.4. The molecule has 1 unspecified atom stereocenters. The maximum atomic E-state index is 13.5. The molecule has 1 atom stereocenters. The van der Waals surface area contributed by atoms with Crippen LogP contribution >= 0.6 is 11.3 Å². The van der Waals surface area contributed by atoms with Crippen LogP contribution in [0.3, 0.4) is 0 Å². The second kappa shape index (κ2) is 8.83. The quantitative estimate of drug-likeness (QED) is 0.435. The Labute approximate surface area is 188 Å². The van der Waals surface area contributed by atoms with Crippen LogP contribution in [0, 0.1) is 0 Å². The first-order chi connectivity index (χ1) is 15.3. The molecule has 1 aliphatic heterocycles. The Hall–Kier alpha value is -3.05. The van der Waals surface area contributed by atoms with E-state index in [-0.39, 0.29) is 18.4 Å². The summed E-state index contributed by atoms with van der Waals surface area (Å²) in [4.78, 5) is 50.2. The number of aromatic nitrogens is 5. The number of piperidine rings is 1. The second-order valence-corrected chi connectivity index (χ2v) is 9.23. The number of Topliss-reactive ketones (excluding diaryl/α,β-unsaturated/α-hetero) is 1. The number of hydrogen-bond donors (Lipinski definition) is 1. The zero-order chi connectivity index (χ0) is 23.0. The molecular formula is C21H27N7O3S. The summed E-state index contributed by atoms with van der Waals surface area (Å²) >= 11 is 1.18. The molecule has 0 radical (unpaired) electrons. The molecule has 3 aromatic rings. The first-order valence-electron chi connectivity index (χ1n) is 10.5. The van der Waals surface area contributed by atoms with Crippen molar-refractivity contribution in [1.29, 1.82) is 0 Å². The van der Waals surface area contributed by atoms with Crippen molar-refractivity contribution >= 4 is 34.2 Å². The summed E-state index contributed by atoms with van der Waals surface area (Å²) < 4.78 is 4.15. The zero-order valence-corrected chi connectivity index (χ0v) is 19.3. The molecule has 0 saturated carbocycles. The van der Waals surface area contributed by atoms with Crippen molar-refractivity contribution < 1.29 is 4.79 Å². The van der Waals surface area contributed by atoms with Crippen molar-refractivity contribution in [2.45, 2.75) is 45.8 Å². The fourth-order valence-electron chi connectivity index (χ4n) is 3.95. The molecule has 0 aromatic carbocycles. The Morgan fingerprint density at radius 2 is 2.09 bits per heavy atom. The SMILES string of the molecule is CC(C)=CCn1c(N2CCCC(N)C2)nc2c1c(=O)n(CC(=O)c1cncs1)c(=O)n2C. The Morgan fingerprint density at radius 3 is 2.75 bits per heavy atom. The number of anilines is 1. The maximum Gasteiger partial charge on any atom is 0.332 e. The normalized spacial score (nSPS) is 16.5. The molecule has 4 rings (SSSR count). The zero-order valence-electron chi connectivity index (χ0n) is 18.4. The lowest BCUT2D eigenvalue weighted by atomic mass is 10.1. The highest BCUT2D eigenvalue weighted by atomic mass is 32.1. The predicted molar refractivity (Wildman–Crippen MR) is 125 cm³/mol. The topological polar surface area (TPSA) is 121 Å². The Balaban J connectivity index is 1.90. The standard InChI is InChI=1S/C21H27N7O3S/c1-13(2)6-8-27-17-18(24-20(27)26-7-4-5-14(22)10-26)25(3)21(31)28(19(17)30)11-15(29)16-9-23-12-32-16/h6,9,12,14H,4-5,7-8,10-11,22H2,1-3H3. The molecule has 0 spiro atoms. The number of aryl methyl sites for hydroxylation is 1. The minimum atomic E-state index is -0.575. The van der Waals surface area contributed by atoms with Gasteiger partial charge in [-0.15, -0.1) is 11.3 Å². The van der Waals surface area contributed by atoms with Crippen LogP contribution in [-0.2, 0) is 20.1 Å². The van der Waals surface area contributed by atoms with Gasteiger partial charge >= 0.3 is 5.69 Å². The van der Waals surface area contributed by atoms with E-state index in [0.29, 0.717) is 35.1 Å². The predicted octanol–water partition coefficient (Wildman–Crippen LogP) is 1.13. The number of carbonyl (C=O) groups is 1. The van der Waals surface area contributed by atoms with Gasteiger partial charge in [0.2, 0.25) is 5.95 Å². The van der Waals surface area contributed by atoms with Crippen LogP contribution in [0.25, 0.3) is 11.2 Å². The number of thiazole rings is 1. The van der Waals surface area contributed by atoms with Gasteiger partial charge in [0.1, 0.15) is 0 Å². The number of rotatable bonds is 6. The molecule has 32 heavy (non-hydrogen) atoms. The third-order valence-electron chi connectivity index (χ3n) is 5.64. The highest BCUT2D eigenvalue weighted by Gasteiger charge is 2.26. The summed E-state index contributed by atoms with van der Waals surface area (Å²) in [5, 5.41) is 0. The summed E-state index contributed by atoms with van der Waals surface area (Å²) in [6.45, 7) is 5.45. The fourth-order valence-corrected chi connectivity index (χ4v) is 4.51. The maximum absolute atomic E-state index is 13.5. The van der Waals surface area contributed by atoms with Gasteiger partial charge in [-0.3, -0.25) is 23.7 Å². The second-order valence-electron chi connectivity index (χ2n) is 8.35. The van der Waals surface area contributed by atoms with Crippen LogP contribution in [0.4, 0.5) is 5.95 Å². The number of imidazole rings is 1. The van der Waals surface area contributed by atoms with E-state index in [4.69, 9.17) is 10.7 Å². The van der Waals surface area contributed by atoms with Crippen molar-refractivity contribution in [3.05, 3.63) is 49.1 Å². The van der Waals surface area contributed by atoms with Gasteiger partial charge in [-0.1, -0.05) is 11.6 Å². The van der Waals surface area contributed by atoms with Crippen molar-refractivity contribution in [1.82, 2.24) is 23.7 Å². The molecule has 0 aliphatic carbocycles. The number of nitrogens with two attached hydrogens (primary N) is 1. The van der Waals surface area contributed by atoms with Gasteiger partial charge in [-0.25, -0.2) is 4.79 Å². The van der Waals surface area contributed by atoms with Crippen LogP contribution in [0.15, 0.2) is 32.9 Å². The van der Waals surface area contributed by atoms with Crippen molar-refractivity contribution in [3.63, 3.8) is 0 Å². The van der Waals surface area contributed by atoms with Gasteiger partial charge in [0.25, 0.3) is 5.56 Å². The molecule has 3 aromatic heterocycles. The van der Waals surface area contributed by atoms with Crippen LogP contribution in [0.5, 0.6) is 0 Å². The summed E-state index contributed by atoms with van der Waals surface area (Å²) in [5.41, 5.74) is 8.33. The molecule has 4 heterocycles. The molecular weight excluding hydrogens is 430 g/mol. The van der Waals surface area contributed by atoms with E-state index in [0.717, 1.165) is 29.5 Å². The molecule has 2 N–H and O–H groups in total. The molecule has 1 fully saturated rings. The fraction of sp³-hybridized carbons (Fsp3) is 0.476. The van der Waals surface area contributed by atoms with Crippen LogP contribution in [-0.4, -0.2) is 48.6 Å². The van der Waals surface area contributed by atoms with E-state index >= 15 is 0 Å². The Bertz CT molecular complexity index is 1300. The van der Waals surface area contributed by atoms with Crippen LogP contribution in [0.2, 0.25) is 0 Å². The number of fused-ring (bicyclic) bond motifs is 1. The molecule has 11 heteroatoms. The van der Waals surface area contributed by atoms with Gasteiger partial charge < -0.3 is 15.2 Å². The van der Waals surface area contributed by atoms with Crippen LogP contribution < -0.4 is 21.9 Å². The summed E-state index contributed by atoms with van der Waals surface area (Å²) in [5.74, 6) is 0.287. The molecule has 1 aliphatic rings. The Kier molecular flexibility index (Phi) is 6.11. The summed E-state index contributed by atoms with van der Waals surface area (Å²) in [7, 11) is 1.57. The van der Waals surface area contributed by atoms with E-state index in [9.17, 15) is 14.4 Å². The lowest BCUT2D eigenvalue weighted by Gasteiger charge is -2.31. The lowest BCUT2D eigenvalue weighted by molar-refractivity contribution is 0.0972. The molecule has 170 valence electrons. The minimum absolute atomic E-state index is 0.0259. The van der Waals surface area contributed by atoms with E-state index in [1.807, 2.05) is 24.5 Å². The van der Waals surface area contributed by atoms with E-state index in [1.165, 1.54) is 22.1 Å². The monoisotopic (exact) mass is 457 g/mol. The van der Waals surface area contributed by atoms with Gasteiger partial charge in [0.15, 0.2) is 16.9 Å². The summed E-state index contributed by atoms with van der Waals surface area (Å²) in [6.07, 6.45) is 5.32. The third-order valence-corrected chi connectivity index (χ3v) is 6.46. The van der Waals surface area contributed by atoms with Gasteiger partial charge in [0.05, 0.1) is 16.9 Å². The lowest BCUT2D eigenvalue weighted by Crippen LogP contribution is -2.44. The number of carbonyl (C=O) groups excluding carboxylic acids is 1. The van der Waals surface area contributed by atoms with Crippen molar-refractivity contribution in [2.24, 2.45) is 12.8 Å². The smallest absolute Gasteiger partial charge is 0.332 e. The van der Waals surface area contributed by atoms with Crippen molar-refractivity contribution in [3.8, 4) is 0 Å². The molecule has 1 saturated heterocycles. The van der Waals surface area contributed by atoms with Gasteiger partial charge in [0, 0.05) is 38.9 Å². The number of ketones is 1. The van der Waals surface area contributed by atoms with Gasteiger partial charge in [-0.05, 0) is 26.7 Å². The van der Waals surface area contributed by atoms with Crippen molar-refractivity contribution in [2.75, 3.05) is 18.0 Å². The summed E-state index contributed by atoms with van der Waals surface area (Å²) in [6, 6.07) is 0.0259.